The first kappa shape index (κ1) is 19.8. The molecular formula is C21H22FN5O3. The fourth-order valence-corrected chi connectivity index (χ4v) is 3.94. The lowest BCUT2D eigenvalue weighted by Gasteiger charge is -2.41. The normalized spacial score (nSPS) is 22.8. The van der Waals surface area contributed by atoms with Gasteiger partial charge in [0.1, 0.15) is 22.8 Å². The summed E-state index contributed by atoms with van der Waals surface area (Å²) in [4.78, 5) is 25.0. The van der Waals surface area contributed by atoms with Gasteiger partial charge in [0.2, 0.25) is 5.88 Å². The average molecular weight is 411 g/mol. The highest BCUT2D eigenvalue weighted by Crippen LogP contribution is 2.47. The van der Waals surface area contributed by atoms with Gasteiger partial charge in [0.15, 0.2) is 0 Å². The molecule has 0 bridgehead atoms. The highest BCUT2D eigenvalue weighted by atomic mass is 19.1. The van der Waals surface area contributed by atoms with E-state index < -0.39 is 17.3 Å². The van der Waals surface area contributed by atoms with Crippen LogP contribution in [-0.4, -0.2) is 29.0 Å². The van der Waals surface area contributed by atoms with Crippen LogP contribution in [0.2, 0.25) is 0 Å². The lowest BCUT2D eigenvalue weighted by molar-refractivity contribution is 0.102. The fraction of sp³-hybridized carbons (Fsp3) is 0.333. The van der Waals surface area contributed by atoms with Gasteiger partial charge in [0, 0.05) is 17.2 Å². The van der Waals surface area contributed by atoms with E-state index in [1.54, 1.807) is 6.07 Å². The molecule has 0 fully saturated rings. The number of nitrogens with two attached hydrogens (primary N) is 1. The zero-order valence-corrected chi connectivity index (χ0v) is 16.7. The molecule has 8 nitrogen and oxygen atoms in total. The first-order valence-electron chi connectivity index (χ1n) is 9.61. The molecule has 156 valence electrons. The van der Waals surface area contributed by atoms with Gasteiger partial charge in [-0.2, -0.15) is 0 Å². The Balaban J connectivity index is 1.66. The third-order valence-electron chi connectivity index (χ3n) is 5.47. The van der Waals surface area contributed by atoms with Crippen molar-refractivity contribution < 1.29 is 18.7 Å². The molecule has 0 saturated carbocycles. The van der Waals surface area contributed by atoms with Gasteiger partial charge in [-0.05, 0) is 50.5 Å². The number of hydrogen-bond donors (Lipinski definition) is 2. The van der Waals surface area contributed by atoms with Crippen molar-refractivity contribution in [3.05, 3.63) is 59.5 Å². The van der Waals surface area contributed by atoms with Crippen LogP contribution < -0.4 is 15.8 Å². The quantitative estimate of drug-likeness (QED) is 0.800. The monoisotopic (exact) mass is 411 g/mol. The third kappa shape index (κ3) is 3.58. The maximum absolute atomic E-state index is 14.9. The van der Waals surface area contributed by atoms with Gasteiger partial charge >= 0.3 is 0 Å². The molecule has 2 aliphatic rings. The Morgan fingerprint density at radius 2 is 2.20 bits per heavy atom. The highest BCUT2D eigenvalue weighted by Gasteiger charge is 2.45. The van der Waals surface area contributed by atoms with Crippen molar-refractivity contribution in [2.24, 2.45) is 16.6 Å². The highest BCUT2D eigenvalue weighted by molar-refractivity contribution is 6.02. The number of amidine groups is 1. The van der Waals surface area contributed by atoms with Gasteiger partial charge in [-0.1, -0.05) is 0 Å². The number of methoxy groups -OCH3 is 1. The molecule has 1 amide bonds. The number of nitrogens with one attached hydrogen (secondary N) is 1. The zero-order chi connectivity index (χ0) is 21.3. The summed E-state index contributed by atoms with van der Waals surface area (Å²) < 4.78 is 25.4. The second kappa shape index (κ2) is 7.74. The van der Waals surface area contributed by atoms with E-state index in [-0.39, 0.29) is 17.6 Å². The molecule has 0 saturated heterocycles. The molecule has 4 rings (SSSR count). The molecule has 1 unspecified atom stereocenters. The predicted octanol–water partition coefficient (Wildman–Crippen LogP) is 3.12. The Morgan fingerprint density at radius 1 is 1.37 bits per heavy atom. The van der Waals surface area contributed by atoms with Crippen molar-refractivity contribution in [2.75, 3.05) is 12.4 Å². The smallest absolute Gasteiger partial charge is 0.288 e. The molecule has 30 heavy (non-hydrogen) atoms. The molecule has 9 heteroatoms. The Bertz CT molecular complexity index is 1040. The van der Waals surface area contributed by atoms with Crippen LogP contribution in [0.3, 0.4) is 0 Å². The van der Waals surface area contributed by atoms with Crippen LogP contribution in [0.25, 0.3) is 0 Å². The van der Waals surface area contributed by atoms with Gasteiger partial charge < -0.3 is 20.5 Å². The van der Waals surface area contributed by atoms with Crippen LogP contribution >= 0.6 is 0 Å². The largest absolute Gasteiger partial charge is 0.480 e. The number of nitrogens with zero attached hydrogens (tertiary/aromatic N) is 3. The molecule has 0 spiro atoms. The number of aliphatic imine (C=N–C) groups is 1. The van der Waals surface area contributed by atoms with Gasteiger partial charge in [0.05, 0.1) is 19.5 Å². The third-order valence-corrected chi connectivity index (χ3v) is 5.47. The number of benzene rings is 1. The molecule has 1 aliphatic heterocycles. The molecule has 1 aliphatic carbocycles. The summed E-state index contributed by atoms with van der Waals surface area (Å²) in [5.74, 6) is -0.0101. The van der Waals surface area contributed by atoms with E-state index >= 15 is 0 Å². The van der Waals surface area contributed by atoms with Crippen LogP contribution in [0.4, 0.5) is 10.1 Å². The number of aromatic nitrogens is 2. The maximum atomic E-state index is 14.9. The van der Waals surface area contributed by atoms with E-state index in [4.69, 9.17) is 15.2 Å². The van der Waals surface area contributed by atoms with Crippen LogP contribution in [0.5, 0.6) is 5.88 Å². The van der Waals surface area contributed by atoms with Crippen LogP contribution in [0, 0.1) is 11.7 Å². The number of hydrogen-bond acceptors (Lipinski definition) is 7. The van der Waals surface area contributed by atoms with Gasteiger partial charge in [0.25, 0.3) is 11.9 Å². The number of carbonyl (C=O) groups is 1. The standard InChI is InChI=1S/C21H22FN5O3/c1-21(13-5-3-4-6-17(13)30-20(23)27-21)14-9-12(7-8-15(14)22)26-19(28)16-10-25-18(29-2)11-24-16/h6-11,13H,3-5H2,1-2H3,(H2,23,27)(H,26,28)/t13?,21-/m0/s1. The molecule has 2 aromatic rings. The predicted molar refractivity (Wildman–Crippen MR) is 108 cm³/mol. The Kier molecular flexibility index (Phi) is 5.11. The molecular weight excluding hydrogens is 389 g/mol. The minimum absolute atomic E-state index is 0.00393. The van der Waals surface area contributed by atoms with Gasteiger partial charge in [-0.25, -0.2) is 19.4 Å². The molecule has 1 aromatic carbocycles. The van der Waals surface area contributed by atoms with Crippen molar-refractivity contribution in [2.45, 2.75) is 31.7 Å². The summed E-state index contributed by atoms with van der Waals surface area (Å²) in [5, 5.41) is 2.73. The summed E-state index contributed by atoms with van der Waals surface area (Å²) in [6, 6.07) is 4.38. The molecule has 2 atom stereocenters. The maximum Gasteiger partial charge on any atom is 0.288 e. The van der Waals surface area contributed by atoms with E-state index in [0.717, 1.165) is 25.0 Å². The Morgan fingerprint density at radius 3 is 2.93 bits per heavy atom. The number of rotatable bonds is 4. The number of halogens is 1. The van der Waals surface area contributed by atoms with E-state index in [2.05, 4.69) is 20.3 Å². The lowest BCUT2D eigenvalue weighted by atomic mass is 9.73. The van der Waals surface area contributed by atoms with Crippen molar-refractivity contribution in [3.8, 4) is 5.88 Å². The van der Waals surface area contributed by atoms with Gasteiger partial charge in [-0.15, -0.1) is 0 Å². The topological polar surface area (TPSA) is 112 Å². The number of allylic oxidation sites excluding steroid dienone is 1. The van der Waals surface area contributed by atoms with Gasteiger partial charge in [-0.3, -0.25) is 4.79 Å². The molecule has 1 aromatic heterocycles. The Hall–Kier alpha value is -3.49. The lowest BCUT2D eigenvalue weighted by Crippen LogP contribution is -2.42. The first-order valence-corrected chi connectivity index (χ1v) is 9.61. The first-order chi connectivity index (χ1) is 14.4. The van der Waals surface area contributed by atoms with Crippen molar-refractivity contribution in [3.63, 3.8) is 0 Å². The van der Waals surface area contributed by atoms with Crippen LogP contribution in [0.1, 0.15) is 42.2 Å². The second-order valence-corrected chi connectivity index (χ2v) is 7.38. The SMILES string of the molecule is COc1cnc(C(=O)Nc2ccc(F)c([C@@]3(C)N=C(N)OC4=CCCCC43)c2)cn1. The summed E-state index contributed by atoms with van der Waals surface area (Å²) in [5.41, 5.74) is 5.81. The minimum atomic E-state index is -0.945. The minimum Gasteiger partial charge on any atom is -0.480 e. The van der Waals surface area contributed by atoms with Crippen molar-refractivity contribution in [1.29, 1.82) is 0 Å². The summed E-state index contributed by atoms with van der Waals surface area (Å²) in [7, 11) is 1.46. The number of carbonyl (C=O) groups excluding carboxylic acids is 1. The summed E-state index contributed by atoms with van der Waals surface area (Å²) >= 11 is 0. The van der Waals surface area contributed by atoms with Crippen LogP contribution in [-0.2, 0) is 10.3 Å². The van der Waals surface area contributed by atoms with E-state index in [1.807, 2.05) is 13.0 Å². The number of amides is 1. The van der Waals surface area contributed by atoms with E-state index in [9.17, 15) is 9.18 Å². The molecule has 0 radical (unpaired) electrons. The number of fused-ring (bicyclic) bond motifs is 1. The second-order valence-electron chi connectivity index (χ2n) is 7.38. The van der Waals surface area contributed by atoms with Crippen molar-refractivity contribution in [1.82, 2.24) is 9.97 Å². The number of anilines is 1. The van der Waals surface area contributed by atoms with Crippen molar-refractivity contribution >= 4 is 17.6 Å². The van der Waals surface area contributed by atoms with Crippen LogP contribution in [0.15, 0.2) is 47.4 Å². The molecule has 3 N–H and O–H groups in total. The van der Waals surface area contributed by atoms with E-state index in [0.29, 0.717) is 17.1 Å². The Labute approximate surface area is 173 Å². The summed E-state index contributed by atoms with van der Waals surface area (Å²) in [6.45, 7) is 1.84. The fourth-order valence-electron chi connectivity index (χ4n) is 3.94. The molecule has 2 heterocycles. The van der Waals surface area contributed by atoms with E-state index in [1.165, 1.54) is 31.6 Å². The number of ether oxygens (including phenoxy) is 2. The average Bonchev–Trinajstić information content (AvgIpc) is 2.75. The summed E-state index contributed by atoms with van der Waals surface area (Å²) in [6.07, 6.45) is 7.29. The zero-order valence-electron chi connectivity index (χ0n) is 16.7.